The van der Waals surface area contributed by atoms with Gasteiger partial charge in [0, 0.05) is 38.2 Å². The maximum atomic E-state index is 14.1. The number of rotatable bonds is 8. The van der Waals surface area contributed by atoms with Crippen molar-refractivity contribution in [3.63, 3.8) is 0 Å². The number of benzene rings is 1. The highest BCUT2D eigenvalue weighted by molar-refractivity contribution is 5.79. The maximum absolute atomic E-state index is 14.1. The van der Waals surface area contributed by atoms with Crippen LogP contribution in [0.2, 0.25) is 0 Å². The lowest BCUT2D eigenvalue weighted by Gasteiger charge is -2.30. The summed E-state index contributed by atoms with van der Waals surface area (Å²) in [6, 6.07) is 8.60. The third-order valence-electron chi connectivity index (χ3n) is 7.84. The zero-order chi connectivity index (χ0) is 27.5. The molecular formula is C28H34F2N6O4. The summed E-state index contributed by atoms with van der Waals surface area (Å²) in [7, 11) is 0. The number of hydrogen-bond donors (Lipinski definition) is 1. The van der Waals surface area contributed by atoms with Gasteiger partial charge in [0.15, 0.2) is 5.82 Å². The van der Waals surface area contributed by atoms with E-state index in [0.717, 1.165) is 19.4 Å². The van der Waals surface area contributed by atoms with E-state index in [4.69, 9.17) is 14.2 Å². The lowest BCUT2D eigenvalue weighted by Crippen LogP contribution is -2.39. The zero-order valence-electron chi connectivity index (χ0n) is 22.3. The molecule has 0 spiro atoms. The van der Waals surface area contributed by atoms with Gasteiger partial charge in [0.2, 0.25) is 17.7 Å². The van der Waals surface area contributed by atoms with Crippen LogP contribution in [0.4, 0.5) is 14.7 Å². The third kappa shape index (κ3) is 5.87. The summed E-state index contributed by atoms with van der Waals surface area (Å²) in [6.45, 7) is 3.55. The first-order chi connectivity index (χ1) is 19.5. The van der Waals surface area contributed by atoms with E-state index in [-0.39, 0.29) is 35.7 Å². The number of alkyl halides is 2. The van der Waals surface area contributed by atoms with Crippen molar-refractivity contribution in [2.24, 2.45) is 5.92 Å². The normalized spacial score (nSPS) is 23.6. The molecule has 2 saturated heterocycles. The molecule has 40 heavy (non-hydrogen) atoms. The van der Waals surface area contributed by atoms with Gasteiger partial charge in [0.05, 0.1) is 30.4 Å². The van der Waals surface area contributed by atoms with Gasteiger partial charge in [-0.25, -0.2) is 13.8 Å². The topological polar surface area (TPSA) is 104 Å². The fourth-order valence-electron chi connectivity index (χ4n) is 5.69. The molecule has 12 heteroatoms. The average Bonchev–Trinajstić information content (AvgIpc) is 3.65. The van der Waals surface area contributed by atoms with E-state index in [0.29, 0.717) is 81.4 Å². The molecule has 3 aromatic rings. The van der Waals surface area contributed by atoms with Crippen molar-refractivity contribution in [3.05, 3.63) is 36.2 Å². The molecule has 214 valence electrons. The van der Waals surface area contributed by atoms with Gasteiger partial charge >= 0.3 is 0 Å². The minimum Gasteiger partial charge on any atom is -0.474 e. The van der Waals surface area contributed by atoms with Crippen LogP contribution in [0.3, 0.4) is 0 Å². The van der Waals surface area contributed by atoms with Crippen LogP contribution in [0.5, 0.6) is 5.88 Å². The molecule has 1 atom stereocenters. The van der Waals surface area contributed by atoms with Crippen LogP contribution in [0.25, 0.3) is 16.9 Å². The number of anilines is 1. The van der Waals surface area contributed by atoms with Crippen molar-refractivity contribution >= 4 is 22.9 Å². The number of imidazole rings is 1. The summed E-state index contributed by atoms with van der Waals surface area (Å²) in [6.07, 6.45) is 2.02. The molecule has 1 aromatic carbocycles. The number of halogens is 2. The van der Waals surface area contributed by atoms with E-state index in [2.05, 4.69) is 20.3 Å². The van der Waals surface area contributed by atoms with Crippen LogP contribution < -0.4 is 15.0 Å². The van der Waals surface area contributed by atoms with Crippen LogP contribution in [-0.4, -0.2) is 77.1 Å². The molecule has 0 radical (unpaired) electrons. The van der Waals surface area contributed by atoms with Gasteiger partial charge in [0.1, 0.15) is 11.9 Å². The van der Waals surface area contributed by atoms with Crippen molar-refractivity contribution in [2.75, 3.05) is 44.4 Å². The summed E-state index contributed by atoms with van der Waals surface area (Å²) in [5.41, 5.74) is 0.993. The van der Waals surface area contributed by atoms with Crippen molar-refractivity contribution < 1.29 is 27.8 Å². The van der Waals surface area contributed by atoms with Crippen molar-refractivity contribution in [1.29, 1.82) is 0 Å². The summed E-state index contributed by atoms with van der Waals surface area (Å²) >= 11 is 0. The first-order valence-corrected chi connectivity index (χ1v) is 14.1. The molecule has 1 amide bonds. The Hall–Kier alpha value is -3.38. The number of morpholine rings is 1. The van der Waals surface area contributed by atoms with E-state index in [1.54, 1.807) is 30.3 Å². The highest BCUT2D eigenvalue weighted by Gasteiger charge is 2.29. The molecule has 1 N–H and O–H groups in total. The van der Waals surface area contributed by atoms with Crippen LogP contribution in [0.1, 0.15) is 50.8 Å². The Morgan fingerprint density at radius 3 is 2.60 bits per heavy atom. The first kappa shape index (κ1) is 26.8. The molecular weight excluding hydrogens is 522 g/mol. The summed E-state index contributed by atoms with van der Waals surface area (Å²) < 4.78 is 47.0. The number of nitrogens with one attached hydrogen (secondary N) is 1. The van der Waals surface area contributed by atoms with Crippen molar-refractivity contribution in [2.45, 2.75) is 57.2 Å². The van der Waals surface area contributed by atoms with Gasteiger partial charge in [0.25, 0.3) is 6.43 Å². The van der Waals surface area contributed by atoms with E-state index in [9.17, 15) is 13.6 Å². The lowest BCUT2D eigenvalue weighted by molar-refractivity contribution is -0.127. The minimum atomic E-state index is -2.79. The number of aromatic nitrogens is 4. The Balaban J connectivity index is 1.21. The predicted molar refractivity (Wildman–Crippen MR) is 143 cm³/mol. The number of para-hydroxylation sites is 2. The summed E-state index contributed by atoms with van der Waals surface area (Å²) in [5, 5.41) is 3.04. The zero-order valence-corrected chi connectivity index (χ0v) is 22.3. The number of carbonyl (C=O) groups is 1. The lowest BCUT2D eigenvalue weighted by atomic mass is 9.86. The second-order valence-corrected chi connectivity index (χ2v) is 10.5. The van der Waals surface area contributed by atoms with Gasteiger partial charge < -0.3 is 24.4 Å². The Morgan fingerprint density at radius 1 is 1.05 bits per heavy atom. The molecule has 2 aromatic heterocycles. The first-order valence-electron chi connectivity index (χ1n) is 14.1. The Bertz CT molecular complexity index is 1320. The fourth-order valence-corrected chi connectivity index (χ4v) is 5.69. The highest BCUT2D eigenvalue weighted by Crippen LogP contribution is 2.32. The number of carbonyl (C=O) groups excluding carboxylic acids is 1. The molecule has 0 bridgehead atoms. The van der Waals surface area contributed by atoms with E-state index >= 15 is 0 Å². The van der Waals surface area contributed by atoms with Crippen molar-refractivity contribution in [3.8, 4) is 11.7 Å². The molecule has 4 heterocycles. The molecule has 1 saturated carbocycles. The highest BCUT2D eigenvalue weighted by atomic mass is 19.3. The largest absolute Gasteiger partial charge is 0.474 e. The average molecular weight is 557 g/mol. The molecule has 10 nitrogen and oxygen atoms in total. The summed E-state index contributed by atoms with van der Waals surface area (Å²) in [4.78, 5) is 28.2. The van der Waals surface area contributed by atoms with Crippen LogP contribution in [-0.2, 0) is 14.3 Å². The number of hydrogen-bond acceptors (Lipinski definition) is 8. The van der Waals surface area contributed by atoms with Crippen molar-refractivity contribution in [1.82, 2.24) is 24.8 Å². The van der Waals surface area contributed by atoms with Crippen LogP contribution in [0.15, 0.2) is 30.3 Å². The molecule has 2 aliphatic heterocycles. The van der Waals surface area contributed by atoms with Crippen LogP contribution in [0, 0.1) is 5.92 Å². The van der Waals surface area contributed by atoms with Gasteiger partial charge in [-0.15, -0.1) is 0 Å². The number of amides is 1. The van der Waals surface area contributed by atoms with Gasteiger partial charge in [-0.2, -0.15) is 9.97 Å². The Labute approximate surface area is 231 Å². The molecule has 0 unspecified atom stereocenters. The van der Waals surface area contributed by atoms with E-state index in [1.807, 2.05) is 4.90 Å². The molecule has 6 rings (SSSR count). The smallest absolute Gasteiger partial charge is 0.296 e. The molecule has 3 fully saturated rings. The van der Waals surface area contributed by atoms with E-state index < -0.39 is 6.43 Å². The minimum absolute atomic E-state index is 0.0583. The number of fused-ring (bicyclic) bond motifs is 1. The van der Waals surface area contributed by atoms with Gasteiger partial charge in [-0.05, 0) is 50.7 Å². The number of nitrogens with zero attached hydrogens (tertiary/aromatic N) is 5. The Morgan fingerprint density at radius 2 is 1.85 bits per heavy atom. The second-order valence-electron chi connectivity index (χ2n) is 10.5. The Kier molecular flexibility index (Phi) is 8.05. The van der Waals surface area contributed by atoms with Crippen LogP contribution >= 0.6 is 0 Å². The quantitative estimate of drug-likeness (QED) is 0.447. The predicted octanol–water partition coefficient (Wildman–Crippen LogP) is 3.82. The molecule has 1 aliphatic carbocycles. The molecule has 3 aliphatic rings. The number of ether oxygens (including phenoxy) is 3. The van der Waals surface area contributed by atoms with E-state index in [1.165, 1.54) is 4.57 Å². The second kappa shape index (κ2) is 12.0. The van der Waals surface area contributed by atoms with Gasteiger partial charge in [-0.1, -0.05) is 12.1 Å². The third-order valence-corrected chi connectivity index (χ3v) is 7.84. The maximum Gasteiger partial charge on any atom is 0.296 e. The monoisotopic (exact) mass is 556 g/mol. The summed E-state index contributed by atoms with van der Waals surface area (Å²) in [5.74, 6) is 0.620. The SMILES string of the molecule is O=C(NC[C@@H]1CCCO1)[C@H]1CC[C@H](Oc2cc(-n3c(C(F)F)nc4ccccc43)nc(N3CCOCC3)n2)CC1. The van der Waals surface area contributed by atoms with Gasteiger partial charge in [-0.3, -0.25) is 9.36 Å². The standard InChI is InChI=1S/C28H34F2N6O4/c29-25(30)26-32-21-5-1-2-6-22(21)36(26)23-16-24(34-28(33-23)35-11-14-38-15-12-35)40-19-9-7-18(8-10-19)27(37)31-17-20-4-3-13-39-20/h1-2,5-6,16,18-20,25H,3-4,7-15,17H2,(H,31,37)/t18-,19-,20-/m0/s1. The fraction of sp³-hybridized carbons (Fsp3) is 0.571.